The fraction of sp³-hybridized carbons (Fsp3) is 0.0714. The normalized spacial score (nSPS) is 11.1. The van der Waals surface area contributed by atoms with E-state index in [9.17, 15) is 4.39 Å². The van der Waals surface area contributed by atoms with Crippen LogP contribution in [0.1, 0.15) is 0 Å². The Morgan fingerprint density at radius 3 is 2.03 bits per heavy atom. The average molecular weight is 407 g/mol. The van der Waals surface area contributed by atoms with Crippen molar-refractivity contribution in [1.82, 2.24) is 4.57 Å². The standard InChI is InChI=1S/C28H22FNO/c1-30-27(23-8-7-19-5-3-4-6-22(19)17-23)18-26(20-11-15-25(31-2)16-12-20)28(30)21-9-13-24(29)14-10-21/h3-18H,1-2H3. The summed E-state index contributed by atoms with van der Waals surface area (Å²) in [5, 5.41) is 2.42. The summed E-state index contributed by atoms with van der Waals surface area (Å²) in [4.78, 5) is 0. The van der Waals surface area contributed by atoms with Crippen LogP contribution in [0.4, 0.5) is 4.39 Å². The van der Waals surface area contributed by atoms with E-state index in [1.165, 1.54) is 22.9 Å². The third-order valence-electron chi connectivity index (χ3n) is 5.80. The van der Waals surface area contributed by atoms with Crippen LogP contribution in [-0.4, -0.2) is 11.7 Å². The quantitative estimate of drug-likeness (QED) is 0.304. The van der Waals surface area contributed by atoms with Crippen LogP contribution in [0, 0.1) is 5.82 Å². The third kappa shape index (κ3) is 3.49. The Morgan fingerprint density at radius 2 is 1.32 bits per heavy atom. The predicted octanol–water partition coefficient (Wildman–Crippen LogP) is 7.33. The largest absolute Gasteiger partial charge is 0.497 e. The number of methoxy groups -OCH3 is 1. The Kier molecular flexibility index (Phi) is 4.79. The monoisotopic (exact) mass is 407 g/mol. The lowest BCUT2D eigenvalue weighted by Crippen LogP contribution is -1.96. The van der Waals surface area contributed by atoms with Gasteiger partial charge in [-0.25, -0.2) is 4.39 Å². The first-order valence-electron chi connectivity index (χ1n) is 10.2. The second-order valence-electron chi connectivity index (χ2n) is 7.65. The Bertz CT molecular complexity index is 1370. The summed E-state index contributed by atoms with van der Waals surface area (Å²) in [6.07, 6.45) is 0. The lowest BCUT2D eigenvalue weighted by atomic mass is 10.0. The van der Waals surface area contributed by atoms with Gasteiger partial charge in [0.15, 0.2) is 0 Å². The molecule has 5 rings (SSSR count). The Balaban J connectivity index is 1.72. The number of halogens is 1. The molecule has 31 heavy (non-hydrogen) atoms. The van der Waals surface area contributed by atoms with E-state index in [0.29, 0.717) is 0 Å². The van der Waals surface area contributed by atoms with Crippen LogP contribution in [0.25, 0.3) is 44.4 Å². The molecule has 1 aromatic heterocycles. The number of fused-ring (bicyclic) bond motifs is 1. The van der Waals surface area contributed by atoms with Crippen molar-refractivity contribution in [3.8, 4) is 39.4 Å². The van der Waals surface area contributed by atoms with E-state index in [-0.39, 0.29) is 5.82 Å². The van der Waals surface area contributed by atoms with E-state index >= 15 is 0 Å². The molecule has 5 aromatic rings. The second kappa shape index (κ2) is 7.77. The maximum atomic E-state index is 13.6. The lowest BCUT2D eigenvalue weighted by molar-refractivity contribution is 0.415. The van der Waals surface area contributed by atoms with Crippen molar-refractivity contribution < 1.29 is 9.13 Å². The van der Waals surface area contributed by atoms with E-state index in [2.05, 4.69) is 72.3 Å². The molecule has 4 aromatic carbocycles. The molecule has 1 heterocycles. The molecule has 0 bridgehead atoms. The van der Waals surface area contributed by atoms with E-state index in [1.54, 1.807) is 7.11 Å². The van der Waals surface area contributed by atoms with Gasteiger partial charge in [-0.3, -0.25) is 0 Å². The molecule has 0 fully saturated rings. The number of benzene rings is 4. The highest BCUT2D eigenvalue weighted by Crippen LogP contribution is 2.39. The van der Waals surface area contributed by atoms with Crippen molar-refractivity contribution in [2.75, 3.05) is 7.11 Å². The highest BCUT2D eigenvalue weighted by Gasteiger charge is 2.17. The summed E-state index contributed by atoms with van der Waals surface area (Å²) in [5.41, 5.74) is 6.46. The van der Waals surface area contributed by atoms with Crippen molar-refractivity contribution in [3.63, 3.8) is 0 Å². The SMILES string of the molecule is COc1ccc(-c2cc(-c3ccc4ccccc4c3)n(C)c2-c2ccc(F)cc2)cc1. The van der Waals surface area contributed by atoms with Gasteiger partial charge in [0.1, 0.15) is 11.6 Å². The molecule has 0 aliphatic rings. The van der Waals surface area contributed by atoms with Crippen molar-refractivity contribution in [3.05, 3.63) is 103 Å². The first kappa shape index (κ1) is 19.1. The van der Waals surface area contributed by atoms with E-state index in [1.807, 2.05) is 24.3 Å². The fourth-order valence-electron chi connectivity index (χ4n) is 4.18. The zero-order valence-electron chi connectivity index (χ0n) is 17.5. The maximum Gasteiger partial charge on any atom is 0.123 e. The summed E-state index contributed by atoms with van der Waals surface area (Å²) >= 11 is 0. The minimum atomic E-state index is -0.237. The Morgan fingerprint density at radius 1 is 0.677 bits per heavy atom. The zero-order valence-corrected chi connectivity index (χ0v) is 17.5. The highest BCUT2D eigenvalue weighted by molar-refractivity contribution is 5.91. The molecule has 0 aliphatic heterocycles. The van der Waals surface area contributed by atoms with Crippen molar-refractivity contribution >= 4 is 10.8 Å². The van der Waals surface area contributed by atoms with Gasteiger partial charge < -0.3 is 9.30 Å². The molecule has 0 aliphatic carbocycles. The summed E-state index contributed by atoms with van der Waals surface area (Å²) in [7, 11) is 3.73. The van der Waals surface area contributed by atoms with Gasteiger partial charge in [-0.1, -0.05) is 48.5 Å². The predicted molar refractivity (Wildman–Crippen MR) is 126 cm³/mol. The number of aromatic nitrogens is 1. The van der Waals surface area contributed by atoms with Crippen molar-refractivity contribution in [1.29, 1.82) is 0 Å². The topological polar surface area (TPSA) is 14.2 Å². The number of rotatable bonds is 4. The molecule has 2 nitrogen and oxygen atoms in total. The van der Waals surface area contributed by atoms with Gasteiger partial charge >= 0.3 is 0 Å². The molecule has 0 radical (unpaired) electrons. The van der Waals surface area contributed by atoms with Crippen LogP contribution >= 0.6 is 0 Å². The third-order valence-corrected chi connectivity index (χ3v) is 5.80. The molecule has 0 N–H and O–H groups in total. The van der Waals surface area contributed by atoms with Gasteiger partial charge in [0.25, 0.3) is 0 Å². The molecule has 0 saturated carbocycles. The summed E-state index contributed by atoms with van der Waals surface area (Å²) in [6, 6.07) is 31.9. The molecular formula is C28H22FNO. The van der Waals surface area contributed by atoms with Gasteiger partial charge in [-0.2, -0.15) is 0 Å². The first-order chi connectivity index (χ1) is 15.1. The van der Waals surface area contributed by atoms with E-state index < -0.39 is 0 Å². The smallest absolute Gasteiger partial charge is 0.123 e. The summed E-state index contributed by atoms with van der Waals surface area (Å²) < 4.78 is 21.1. The molecule has 0 atom stereocenters. The minimum Gasteiger partial charge on any atom is -0.497 e. The lowest BCUT2D eigenvalue weighted by Gasteiger charge is -2.11. The molecule has 3 heteroatoms. The Labute approximate surface area is 181 Å². The fourth-order valence-corrected chi connectivity index (χ4v) is 4.18. The van der Waals surface area contributed by atoms with Gasteiger partial charge in [0.05, 0.1) is 12.8 Å². The molecule has 0 unspecified atom stereocenters. The van der Waals surface area contributed by atoms with Crippen molar-refractivity contribution in [2.24, 2.45) is 7.05 Å². The van der Waals surface area contributed by atoms with Crippen LogP contribution in [0.2, 0.25) is 0 Å². The van der Waals surface area contributed by atoms with Crippen molar-refractivity contribution in [2.45, 2.75) is 0 Å². The van der Waals surface area contributed by atoms with E-state index in [4.69, 9.17) is 4.74 Å². The second-order valence-corrected chi connectivity index (χ2v) is 7.65. The molecule has 152 valence electrons. The minimum absolute atomic E-state index is 0.237. The first-order valence-corrected chi connectivity index (χ1v) is 10.2. The molecule has 0 saturated heterocycles. The number of hydrogen-bond acceptors (Lipinski definition) is 1. The van der Waals surface area contributed by atoms with Crippen LogP contribution < -0.4 is 4.74 Å². The number of ether oxygens (including phenoxy) is 1. The van der Waals surface area contributed by atoms with Gasteiger partial charge in [-0.15, -0.1) is 0 Å². The summed E-state index contributed by atoms with van der Waals surface area (Å²) in [6.45, 7) is 0. The maximum absolute atomic E-state index is 13.6. The van der Waals surface area contributed by atoms with Crippen LogP contribution in [0.15, 0.2) is 97.1 Å². The van der Waals surface area contributed by atoms with Gasteiger partial charge in [-0.05, 0) is 76.0 Å². The summed E-state index contributed by atoms with van der Waals surface area (Å²) in [5.74, 6) is 0.580. The Hall–Kier alpha value is -3.85. The highest BCUT2D eigenvalue weighted by atomic mass is 19.1. The number of hydrogen-bond donors (Lipinski definition) is 0. The average Bonchev–Trinajstić information content (AvgIpc) is 3.16. The van der Waals surface area contributed by atoms with Gasteiger partial charge in [0.2, 0.25) is 0 Å². The molecular weight excluding hydrogens is 385 g/mol. The molecule has 0 spiro atoms. The van der Waals surface area contributed by atoms with E-state index in [0.717, 1.165) is 39.4 Å². The van der Waals surface area contributed by atoms with Crippen LogP contribution in [0.3, 0.4) is 0 Å². The van der Waals surface area contributed by atoms with Crippen LogP contribution in [-0.2, 0) is 7.05 Å². The number of nitrogens with zero attached hydrogens (tertiary/aromatic N) is 1. The zero-order chi connectivity index (χ0) is 21.4. The molecule has 0 amide bonds. The van der Waals surface area contributed by atoms with Crippen LogP contribution in [0.5, 0.6) is 5.75 Å². The van der Waals surface area contributed by atoms with Gasteiger partial charge in [0, 0.05) is 18.3 Å².